The quantitative estimate of drug-likeness (QED) is 0.604. The largest absolute Gasteiger partial charge is 0.332 e. The van der Waals surface area contributed by atoms with Crippen LogP contribution in [-0.4, -0.2) is 42.6 Å². The Balaban J connectivity index is 2.25. The van der Waals surface area contributed by atoms with Crippen molar-refractivity contribution in [2.45, 2.75) is 0 Å². The molecule has 0 spiro atoms. The van der Waals surface area contributed by atoms with Crippen molar-refractivity contribution >= 4 is 17.7 Å². The van der Waals surface area contributed by atoms with Gasteiger partial charge in [0.25, 0.3) is 0 Å². The average Bonchev–Trinajstić information content (AvgIpc) is 2.38. The van der Waals surface area contributed by atoms with Gasteiger partial charge in [-0.1, -0.05) is 0 Å². The van der Waals surface area contributed by atoms with Crippen LogP contribution in [0.3, 0.4) is 0 Å². The Morgan fingerprint density at radius 2 is 2.60 bits per heavy atom. The molecule has 1 aliphatic rings. The Morgan fingerprint density at radius 3 is 3.10 bits per heavy atom. The van der Waals surface area contributed by atoms with Gasteiger partial charge in [-0.05, 0) is 7.05 Å². The Morgan fingerprint density at radius 1 is 1.80 bits per heavy atom. The number of amides is 1. The lowest BCUT2D eigenvalue weighted by atomic mass is 10.5. The van der Waals surface area contributed by atoms with Crippen LogP contribution in [0.5, 0.6) is 0 Å². The first kappa shape index (κ1) is 7.88. The summed E-state index contributed by atoms with van der Waals surface area (Å²) in [5.74, 6) is 2.18. The SMILES string of the molecule is CNCC(=O)N1CCSC1. The second-order valence-electron chi connectivity index (χ2n) is 2.22. The zero-order valence-electron chi connectivity index (χ0n) is 6.09. The maximum atomic E-state index is 11.1. The predicted molar refractivity (Wildman–Crippen MR) is 43.0 cm³/mol. The van der Waals surface area contributed by atoms with Crippen molar-refractivity contribution in [2.24, 2.45) is 0 Å². The van der Waals surface area contributed by atoms with Gasteiger partial charge < -0.3 is 10.2 Å². The maximum Gasteiger partial charge on any atom is 0.237 e. The lowest BCUT2D eigenvalue weighted by molar-refractivity contribution is -0.128. The molecule has 58 valence electrons. The molecule has 1 N–H and O–H groups in total. The number of nitrogens with one attached hydrogen (secondary N) is 1. The van der Waals surface area contributed by atoms with Gasteiger partial charge in [0.15, 0.2) is 0 Å². The van der Waals surface area contributed by atoms with E-state index in [-0.39, 0.29) is 5.91 Å². The first-order valence-electron chi connectivity index (χ1n) is 3.34. The molecular formula is C6H12N2OS. The molecule has 1 aliphatic heterocycles. The number of thioether (sulfide) groups is 1. The van der Waals surface area contributed by atoms with E-state index < -0.39 is 0 Å². The minimum absolute atomic E-state index is 0.215. The molecule has 0 aromatic rings. The molecule has 0 saturated carbocycles. The van der Waals surface area contributed by atoms with Crippen molar-refractivity contribution in [1.82, 2.24) is 10.2 Å². The van der Waals surface area contributed by atoms with Crippen LogP contribution in [0.4, 0.5) is 0 Å². The summed E-state index contributed by atoms with van der Waals surface area (Å²) in [6.07, 6.45) is 0. The summed E-state index contributed by atoms with van der Waals surface area (Å²) in [5.41, 5.74) is 0. The number of nitrogens with zero attached hydrogens (tertiary/aromatic N) is 1. The second kappa shape index (κ2) is 3.83. The van der Waals surface area contributed by atoms with Gasteiger partial charge in [0, 0.05) is 12.3 Å². The molecule has 1 fully saturated rings. The number of carbonyl (C=O) groups is 1. The van der Waals surface area contributed by atoms with E-state index in [4.69, 9.17) is 0 Å². The van der Waals surface area contributed by atoms with Crippen molar-refractivity contribution in [3.63, 3.8) is 0 Å². The molecule has 0 aliphatic carbocycles. The zero-order valence-corrected chi connectivity index (χ0v) is 6.91. The van der Waals surface area contributed by atoms with Gasteiger partial charge in [0.1, 0.15) is 0 Å². The highest BCUT2D eigenvalue weighted by molar-refractivity contribution is 7.99. The first-order valence-corrected chi connectivity index (χ1v) is 4.50. The number of carbonyl (C=O) groups excluding carboxylic acids is 1. The summed E-state index contributed by atoms with van der Waals surface area (Å²) in [5, 5.41) is 2.84. The average molecular weight is 160 g/mol. The molecule has 0 bridgehead atoms. The van der Waals surface area contributed by atoms with Crippen LogP contribution in [0.25, 0.3) is 0 Å². The van der Waals surface area contributed by atoms with Gasteiger partial charge in [0.05, 0.1) is 12.4 Å². The Labute approximate surface area is 65.2 Å². The first-order chi connectivity index (χ1) is 4.84. The summed E-state index contributed by atoms with van der Waals surface area (Å²) in [4.78, 5) is 13.0. The van der Waals surface area contributed by atoms with Crippen molar-refractivity contribution in [1.29, 1.82) is 0 Å². The molecule has 0 atom stereocenters. The van der Waals surface area contributed by atoms with E-state index in [1.807, 2.05) is 16.7 Å². The fourth-order valence-corrected chi connectivity index (χ4v) is 1.85. The summed E-state index contributed by atoms with van der Waals surface area (Å²) >= 11 is 1.81. The van der Waals surface area contributed by atoms with E-state index >= 15 is 0 Å². The van der Waals surface area contributed by atoms with Gasteiger partial charge in [-0.15, -0.1) is 11.8 Å². The fourth-order valence-electron chi connectivity index (χ4n) is 0.874. The smallest absolute Gasteiger partial charge is 0.237 e. The highest BCUT2D eigenvalue weighted by Crippen LogP contribution is 2.12. The molecule has 1 saturated heterocycles. The number of hydrogen-bond acceptors (Lipinski definition) is 3. The van der Waals surface area contributed by atoms with Crippen LogP contribution < -0.4 is 5.32 Å². The highest BCUT2D eigenvalue weighted by Gasteiger charge is 2.16. The summed E-state index contributed by atoms with van der Waals surface area (Å²) in [6, 6.07) is 0. The van der Waals surface area contributed by atoms with E-state index in [9.17, 15) is 4.79 Å². The Hall–Kier alpha value is -0.220. The number of hydrogen-bond donors (Lipinski definition) is 1. The number of rotatable bonds is 2. The van der Waals surface area contributed by atoms with Crippen LogP contribution in [0, 0.1) is 0 Å². The molecule has 0 unspecified atom stereocenters. The summed E-state index contributed by atoms with van der Waals surface area (Å²) in [7, 11) is 1.79. The van der Waals surface area contributed by atoms with Crippen molar-refractivity contribution < 1.29 is 4.79 Å². The third-order valence-corrected chi connectivity index (χ3v) is 2.40. The molecule has 3 nitrogen and oxygen atoms in total. The van der Waals surface area contributed by atoms with Crippen molar-refractivity contribution in [3.05, 3.63) is 0 Å². The third kappa shape index (κ3) is 1.88. The Bertz CT molecular complexity index is 123. The van der Waals surface area contributed by atoms with Crippen LogP contribution >= 0.6 is 11.8 Å². The van der Waals surface area contributed by atoms with Gasteiger partial charge >= 0.3 is 0 Å². The monoisotopic (exact) mass is 160 g/mol. The standard InChI is InChI=1S/C6H12N2OS/c1-7-4-6(9)8-2-3-10-5-8/h7H,2-5H2,1H3. The minimum atomic E-state index is 0.215. The third-order valence-electron chi connectivity index (χ3n) is 1.43. The van der Waals surface area contributed by atoms with Crippen LogP contribution in [0.1, 0.15) is 0 Å². The number of likely N-dealkylation sites (N-methyl/N-ethyl adjacent to an activating group) is 1. The van der Waals surface area contributed by atoms with Crippen molar-refractivity contribution in [2.75, 3.05) is 31.8 Å². The maximum absolute atomic E-state index is 11.1. The van der Waals surface area contributed by atoms with Crippen LogP contribution in [0.15, 0.2) is 0 Å². The minimum Gasteiger partial charge on any atom is -0.332 e. The molecule has 0 aromatic heterocycles. The molecule has 1 amide bonds. The molecule has 0 radical (unpaired) electrons. The van der Waals surface area contributed by atoms with Crippen molar-refractivity contribution in [3.8, 4) is 0 Å². The topological polar surface area (TPSA) is 32.3 Å². The van der Waals surface area contributed by atoms with Crippen LogP contribution in [0.2, 0.25) is 0 Å². The molecule has 0 aromatic carbocycles. The van der Waals surface area contributed by atoms with Gasteiger partial charge in [0.2, 0.25) is 5.91 Å². The van der Waals surface area contributed by atoms with Gasteiger partial charge in [-0.25, -0.2) is 0 Å². The fraction of sp³-hybridized carbons (Fsp3) is 0.833. The predicted octanol–water partition coefficient (Wildman–Crippen LogP) is -0.261. The molecule has 1 rings (SSSR count). The Kier molecular flexibility index (Phi) is 3.02. The lowest BCUT2D eigenvalue weighted by Gasteiger charge is -2.12. The molecule has 4 heteroatoms. The van der Waals surface area contributed by atoms with Gasteiger partial charge in [-0.3, -0.25) is 4.79 Å². The highest BCUT2D eigenvalue weighted by atomic mass is 32.2. The normalized spacial score (nSPS) is 17.9. The van der Waals surface area contributed by atoms with Crippen LogP contribution in [-0.2, 0) is 4.79 Å². The van der Waals surface area contributed by atoms with Gasteiger partial charge in [-0.2, -0.15) is 0 Å². The van der Waals surface area contributed by atoms with E-state index in [1.165, 1.54) is 0 Å². The second-order valence-corrected chi connectivity index (χ2v) is 3.30. The molecule has 1 heterocycles. The zero-order chi connectivity index (χ0) is 7.40. The van der Waals surface area contributed by atoms with E-state index in [0.29, 0.717) is 6.54 Å². The summed E-state index contributed by atoms with van der Waals surface area (Å²) < 4.78 is 0. The van der Waals surface area contributed by atoms with E-state index in [1.54, 1.807) is 7.05 Å². The molecular weight excluding hydrogens is 148 g/mol. The van der Waals surface area contributed by atoms with E-state index in [0.717, 1.165) is 18.2 Å². The summed E-state index contributed by atoms with van der Waals surface area (Å²) in [6.45, 7) is 1.39. The van der Waals surface area contributed by atoms with E-state index in [2.05, 4.69) is 5.32 Å². The molecule has 10 heavy (non-hydrogen) atoms. The lowest BCUT2D eigenvalue weighted by Crippen LogP contribution is -2.34.